The van der Waals surface area contributed by atoms with Crippen molar-refractivity contribution in [1.29, 1.82) is 0 Å². The number of methoxy groups -OCH3 is 1. The number of pyridine rings is 1. The molecule has 0 bridgehead atoms. The van der Waals surface area contributed by atoms with Crippen LogP contribution in [0.4, 0.5) is 0 Å². The van der Waals surface area contributed by atoms with Crippen molar-refractivity contribution in [3.05, 3.63) is 34.6 Å². The van der Waals surface area contributed by atoms with Gasteiger partial charge in [-0.2, -0.15) is 0 Å². The second kappa shape index (κ2) is 18.8. The van der Waals surface area contributed by atoms with Crippen LogP contribution in [0.2, 0.25) is 0 Å². The minimum atomic E-state index is -1.60. The number of ether oxygens (including phenoxy) is 5. The lowest BCUT2D eigenvalue weighted by atomic mass is 9.67. The first-order chi connectivity index (χ1) is 28.5. The van der Waals surface area contributed by atoms with Crippen molar-refractivity contribution in [3.63, 3.8) is 0 Å². The quantitative estimate of drug-likeness (QED) is 0.0851. The zero-order valence-corrected chi connectivity index (χ0v) is 37.9. The number of amidine groups is 1. The predicted octanol–water partition coefficient (Wildman–Crippen LogP) is 4.13. The van der Waals surface area contributed by atoms with E-state index in [0.29, 0.717) is 15.7 Å². The molecule has 0 radical (unpaired) electrons. The van der Waals surface area contributed by atoms with Gasteiger partial charge in [0.15, 0.2) is 45.7 Å². The van der Waals surface area contributed by atoms with Gasteiger partial charge in [0, 0.05) is 43.4 Å². The predicted molar refractivity (Wildman–Crippen MR) is 222 cm³/mol. The molecule has 2 aromatic heterocycles. The number of aliphatic hydroxyl groups is 1. The van der Waals surface area contributed by atoms with Crippen LogP contribution in [-0.2, 0) is 47.7 Å². The summed E-state index contributed by atoms with van der Waals surface area (Å²) in [5, 5.41) is 38.2. The summed E-state index contributed by atoms with van der Waals surface area (Å²) in [7, 11) is 4.26. The number of Topliss-reactive ketones (excluding diaryl/α,β-unsaturated/α-hetero) is 2. The van der Waals surface area contributed by atoms with Gasteiger partial charge in [-0.1, -0.05) is 50.3 Å². The minimum Gasteiger partial charge on any atom is -0.633 e. The molecule has 0 saturated carbocycles. The third kappa shape index (κ3) is 9.82. The van der Waals surface area contributed by atoms with Crippen molar-refractivity contribution in [3.8, 4) is 10.7 Å². The van der Waals surface area contributed by atoms with Crippen LogP contribution in [0, 0.1) is 40.7 Å². The maximum Gasteiger partial charge on any atom is 0.317 e. The molecule has 19 heteroatoms. The molecule has 5 heterocycles. The lowest BCUT2D eigenvalue weighted by Crippen LogP contribution is -2.62. The van der Waals surface area contributed by atoms with Gasteiger partial charge in [-0.05, 0) is 59.6 Å². The molecule has 0 unspecified atom stereocenters. The molecule has 338 valence electrons. The Morgan fingerprint density at radius 3 is 2.38 bits per heavy atom. The first-order valence-corrected chi connectivity index (χ1v) is 21.6. The van der Waals surface area contributed by atoms with Gasteiger partial charge < -0.3 is 49.2 Å². The smallest absolute Gasteiger partial charge is 0.317 e. The summed E-state index contributed by atoms with van der Waals surface area (Å²) in [6, 6.07) is 4.61. The lowest BCUT2D eigenvalue weighted by Gasteiger charge is -2.50. The van der Waals surface area contributed by atoms with E-state index in [1.165, 1.54) is 39.5 Å². The minimum absolute atomic E-state index is 0.00859. The van der Waals surface area contributed by atoms with Gasteiger partial charge >= 0.3 is 11.9 Å². The van der Waals surface area contributed by atoms with Gasteiger partial charge in [0.05, 0.1) is 31.9 Å². The second-order valence-corrected chi connectivity index (χ2v) is 18.7. The Morgan fingerprint density at radius 1 is 1.08 bits per heavy atom. The normalized spacial score (nSPS) is 37.6. The SMILES string of the molecule is CC[C@@H]1OC(=O)[C@H](C)C(=O)[C@H](C)[C@@H](O[C@@H]2O[C@H](C)C[C@H]([N+](C)(C)[O-])[C@H]2O)[C@](C)(OC)C[C@@H](C)C(=O)[C@H](C)[C@H]2[C@H](/C(N)=N/O[C@@H](C)c3nnc(-c4ccccn4)s3)C(=O)O[C@@]21C. The zero-order valence-electron chi connectivity index (χ0n) is 37.1. The molecule has 3 N–H and O–H groups in total. The number of fused-ring (bicyclic) bond motifs is 1. The standard InChI is InChI=1S/C42H62N6O12S/c1-13-28-42(9)30(29(39(53)59-42)35(43)47-60-25(7)36-45-46-37(61-36)26-16-14-15-17-44-26)22(4)31(49)20(2)19-41(8,55-12)34(23(5)32(50)24(6)38(52)57-28)58-40-33(51)27(48(10,11)54)18-21(3)56-40/h14-17,20-25,27-30,33-34,40,51H,13,18-19H2,1-12H3,(H2,43,47)/t20-,21-,22-,23+,24-,25+,27+,28+,29-,30+,33-,34-,40+,41-,42-/m1/s1. The van der Waals surface area contributed by atoms with Crippen molar-refractivity contribution in [2.45, 2.75) is 136 Å². The van der Waals surface area contributed by atoms with E-state index in [1.54, 1.807) is 73.7 Å². The summed E-state index contributed by atoms with van der Waals surface area (Å²) in [6.07, 6.45) is -4.25. The van der Waals surface area contributed by atoms with E-state index in [-0.39, 0.29) is 30.9 Å². The number of aromatic nitrogens is 3. The van der Waals surface area contributed by atoms with Gasteiger partial charge in [-0.15, -0.1) is 10.2 Å². The average molecular weight is 875 g/mol. The number of hydrogen-bond acceptors (Lipinski definition) is 17. The number of carbonyl (C=O) groups excluding carboxylic acids is 4. The van der Waals surface area contributed by atoms with Crippen LogP contribution < -0.4 is 5.73 Å². The van der Waals surface area contributed by atoms with E-state index in [4.69, 9.17) is 34.3 Å². The van der Waals surface area contributed by atoms with Crippen LogP contribution in [-0.4, -0.2) is 123 Å². The maximum atomic E-state index is 14.8. The Labute approximate surface area is 361 Å². The Balaban J connectivity index is 1.51. The largest absolute Gasteiger partial charge is 0.633 e. The number of nitrogens with zero attached hydrogens (tertiary/aromatic N) is 5. The molecular formula is C42H62N6O12S. The molecule has 3 fully saturated rings. The van der Waals surface area contributed by atoms with Crippen molar-refractivity contribution in [1.82, 2.24) is 15.2 Å². The number of rotatable bonds is 10. The third-order valence-electron chi connectivity index (χ3n) is 12.8. The summed E-state index contributed by atoms with van der Waals surface area (Å²) in [4.78, 5) is 67.2. The Bertz CT molecular complexity index is 1930. The number of hydroxylamine groups is 3. The van der Waals surface area contributed by atoms with Crippen LogP contribution in [0.15, 0.2) is 29.6 Å². The first-order valence-electron chi connectivity index (χ1n) is 20.8. The number of aliphatic hydroxyl groups excluding tert-OH is 1. The highest BCUT2D eigenvalue weighted by atomic mass is 32.1. The summed E-state index contributed by atoms with van der Waals surface area (Å²) in [5.41, 5.74) is 4.20. The first kappa shape index (κ1) is 48.1. The van der Waals surface area contributed by atoms with E-state index < -0.39 is 112 Å². The fourth-order valence-electron chi connectivity index (χ4n) is 9.28. The molecule has 15 atom stereocenters. The molecule has 0 spiro atoms. The van der Waals surface area contributed by atoms with E-state index in [9.17, 15) is 29.5 Å². The van der Waals surface area contributed by atoms with Crippen LogP contribution in [0.3, 0.4) is 0 Å². The molecule has 0 amide bonds. The van der Waals surface area contributed by atoms with E-state index in [0.717, 1.165) is 0 Å². The summed E-state index contributed by atoms with van der Waals surface area (Å²) in [6.45, 7) is 14.8. The molecular weight excluding hydrogens is 813 g/mol. The van der Waals surface area contributed by atoms with E-state index in [1.807, 2.05) is 6.07 Å². The molecule has 5 rings (SSSR count). The van der Waals surface area contributed by atoms with E-state index >= 15 is 0 Å². The molecule has 0 aromatic carbocycles. The summed E-state index contributed by atoms with van der Waals surface area (Å²) >= 11 is 1.25. The number of hydrogen-bond donors (Lipinski definition) is 2. The molecule has 61 heavy (non-hydrogen) atoms. The molecule has 18 nitrogen and oxygen atoms in total. The highest BCUT2D eigenvalue weighted by Gasteiger charge is 2.63. The maximum absolute atomic E-state index is 14.8. The van der Waals surface area contributed by atoms with Gasteiger partial charge in [0.2, 0.25) is 0 Å². The Hall–Kier alpha value is -3.98. The van der Waals surface area contributed by atoms with Gasteiger partial charge in [-0.25, -0.2) is 0 Å². The molecule has 0 aliphatic carbocycles. The number of cyclic esters (lactones) is 1. The number of ketones is 2. The number of oxime groups is 1. The second-order valence-electron chi connectivity index (χ2n) is 17.7. The number of esters is 2. The van der Waals surface area contributed by atoms with E-state index in [2.05, 4.69) is 20.3 Å². The van der Waals surface area contributed by atoms with Crippen molar-refractivity contribution in [2.75, 3.05) is 21.2 Å². The van der Waals surface area contributed by atoms with Crippen LogP contribution in [0.5, 0.6) is 0 Å². The van der Waals surface area contributed by atoms with Crippen molar-refractivity contribution in [2.24, 2.45) is 46.4 Å². The number of carbonyl (C=O) groups is 4. The highest BCUT2D eigenvalue weighted by Crippen LogP contribution is 2.48. The van der Waals surface area contributed by atoms with Crippen LogP contribution >= 0.6 is 11.3 Å². The third-order valence-corrected chi connectivity index (χ3v) is 13.9. The Kier molecular flexibility index (Phi) is 14.8. The average Bonchev–Trinajstić information content (AvgIpc) is 3.82. The molecule has 2 aromatic rings. The van der Waals surface area contributed by atoms with Gasteiger partial charge in [0.25, 0.3) is 0 Å². The molecule has 3 saturated heterocycles. The fourth-order valence-corrected chi connectivity index (χ4v) is 10.1. The van der Waals surface area contributed by atoms with Gasteiger partial charge in [0.1, 0.15) is 35.5 Å². The van der Waals surface area contributed by atoms with Crippen molar-refractivity contribution < 1.29 is 57.5 Å². The molecule has 3 aliphatic rings. The van der Waals surface area contributed by atoms with Crippen LogP contribution in [0.25, 0.3) is 10.7 Å². The summed E-state index contributed by atoms with van der Waals surface area (Å²) in [5.74, 6) is -9.33. The fraction of sp³-hybridized carbons (Fsp3) is 0.714. The number of quaternary nitrogens is 1. The summed E-state index contributed by atoms with van der Waals surface area (Å²) < 4.78 is 30.0. The topological polar surface area (TPSA) is 244 Å². The number of nitrogens with two attached hydrogens (primary N) is 1. The van der Waals surface area contributed by atoms with Crippen molar-refractivity contribution >= 4 is 40.7 Å². The lowest BCUT2D eigenvalue weighted by molar-refractivity contribution is -0.874. The van der Waals surface area contributed by atoms with Crippen LogP contribution in [0.1, 0.15) is 92.7 Å². The number of likely N-dealkylation sites (N-methyl/N-ethyl adjacent to an activating group) is 1. The Morgan fingerprint density at radius 2 is 1.77 bits per heavy atom. The molecule has 3 aliphatic heterocycles. The highest BCUT2D eigenvalue weighted by molar-refractivity contribution is 7.14. The zero-order chi connectivity index (χ0) is 45.4. The van der Waals surface area contributed by atoms with Gasteiger partial charge in [-0.3, -0.25) is 24.2 Å². The monoisotopic (exact) mass is 874 g/mol.